The zero-order chi connectivity index (χ0) is 43.1. The van der Waals surface area contributed by atoms with Crippen molar-refractivity contribution >= 4 is 55.0 Å². The molecule has 0 bridgehead atoms. The van der Waals surface area contributed by atoms with E-state index in [-0.39, 0.29) is 0 Å². The summed E-state index contributed by atoms with van der Waals surface area (Å²) in [5.41, 5.74) is 17.4. The maximum Gasteiger partial charge on any atom is 0.227 e. The first kappa shape index (κ1) is 35.5. The normalized spacial score (nSPS) is 13.3. The third-order valence-electron chi connectivity index (χ3n) is 13.8. The van der Waals surface area contributed by atoms with Crippen LogP contribution in [0.4, 0.5) is 0 Å². The van der Waals surface area contributed by atoms with Crippen LogP contribution in [0.3, 0.4) is 0 Å². The molecule has 4 aromatic heterocycles. The Balaban J connectivity index is 0.981. The maximum atomic E-state index is 6.84. The van der Waals surface area contributed by atoms with Gasteiger partial charge in [-0.2, -0.15) is 0 Å². The van der Waals surface area contributed by atoms with Gasteiger partial charge in [0.1, 0.15) is 27.8 Å². The molecule has 0 radical (unpaired) electrons. The number of nitrogens with zero attached hydrogens (tertiary/aromatic N) is 4. The number of hydrogen-bond acceptors (Lipinski definition) is 7. The van der Waals surface area contributed by atoms with Crippen molar-refractivity contribution in [3.63, 3.8) is 0 Å². The molecule has 0 saturated heterocycles. The second-order valence-corrected chi connectivity index (χ2v) is 17.2. The Kier molecular flexibility index (Phi) is 7.03. The summed E-state index contributed by atoms with van der Waals surface area (Å²) in [6.45, 7) is 0. The fourth-order valence-corrected chi connectivity index (χ4v) is 11.0. The lowest BCUT2D eigenvalue weighted by Crippen LogP contribution is -2.26. The van der Waals surface area contributed by atoms with Crippen LogP contribution < -0.4 is 0 Å². The average Bonchev–Trinajstić information content (AvgIpc) is 4.19. The summed E-state index contributed by atoms with van der Waals surface area (Å²) in [4.78, 5) is 20.2. The van der Waals surface area contributed by atoms with Crippen molar-refractivity contribution in [2.75, 3.05) is 0 Å². The third-order valence-corrected chi connectivity index (χ3v) is 13.8. The zero-order valence-electron chi connectivity index (χ0n) is 35.0. The van der Waals surface area contributed by atoms with Gasteiger partial charge in [0.25, 0.3) is 0 Å². The summed E-state index contributed by atoms with van der Waals surface area (Å²) in [5.74, 6) is 2.21. The first-order valence-electron chi connectivity index (χ1n) is 22.1. The fourth-order valence-electron chi connectivity index (χ4n) is 11.0. The van der Waals surface area contributed by atoms with E-state index in [4.69, 9.17) is 33.2 Å². The summed E-state index contributed by atoms with van der Waals surface area (Å²) < 4.78 is 19.7. The first-order chi connectivity index (χ1) is 32.7. The minimum atomic E-state index is -0.655. The van der Waals surface area contributed by atoms with E-state index in [2.05, 4.69) is 109 Å². The quantitative estimate of drug-likeness (QED) is 0.174. The van der Waals surface area contributed by atoms with Crippen molar-refractivity contribution in [2.45, 2.75) is 5.41 Å². The van der Waals surface area contributed by atoms with Crippen molar-refractivity contribution in [3.05, 3.63) is 216 Å². The minimum absolute atomic E-state index is 0.537. The summed E-state index contributed by atoms with van der Waals surface area (Å²) in [7, 11) is 0. The number of para-hydroxylation sites is 3. The minimum Gasteiger partial charge on any atom is -0.456 e. The van der Waals surface area contributed by atoms with Crippen LogP contribution in [0.2, 0.25) is 0 Å². The molecule has 2 aliphatic rings. The van der Waals surface area contributed by atoms with Gasteiger partial charge in [0, 0.05) is 43.8 Å². The molecule has 0 amide bonds. The molecule has 306 valence electrons. The van der Waals surface area contributed by atoms with E-state index >= 15 is 0 Å². The number of aromatic nitrogens is 4. The molecule has 2 aliphatic carbocycles. The molecule has 15 rings (SSSR count). The van der Waals surface area contributed by atoms with Crippen molar-refractivity contribution in [1.82, 2.24) is 19.9 Å². The molecule has 0 aliphatic heterocycles. The Morgan fingerprint density at radius 3 is 1.74 bits per heavy atom. The Bertz CT molecular complexity index is 4120. The van der Waals surface area contributed by atoms with E-state index in [1.807, 2.05) is 84.9 Å². The maximum absolute atomic E-state index is 6.84. The second-order valence-electron chi connectivity index (χ2n) is 17.2. The largest absolute Gasteiger partial charge is 0.456 e. The van der Waals surface area contributed by atoms with Crippen molar-refractivity contribution < 1.29 is 13.3 Å². The van der Waals surface area contributed by atoms with Gasteiger partial charge in [0.2, 0.25) is 5.89 Å². The van der Waals surface area contributed by atoms with Gasteiger partial charge in [0.15, 0.2) is 23.1 Å². The molecule has 0 N–H and O–H groups in total. The van der Waals surface area contributed by atoms with Gasteiger partial charge in [-0.1, -0.05) is 127 Å². The number of hydrogen-bond donors (Lipinski definition) is 0. The van der Waals surface area contributed by atoms with E-state index in [9.17, 15) is 0 Å². The highest BCUT2D eigenvalue weighted by Gasteiger charge is 2.53. The number of furan rings is 2. The molecule has 1 spiro atoms. The molecular formula is C59H32N4O3. The van der Waals surface area contributed by atoms with Crippen LogP contribution in [0, 0.1) is 0 Å². The molecule has 13 aromatic rings. The average molecular weight is 845 g/mol. The number of oxazole rings is 1. The molecule has 7 heteroatoms. The third kappa shape index (κ3) is 4.80. The second kappa shape index (κ2) is 13.1. The van der Waals surface area contributed by atoms with Crippen LogP contribution in [0.15, 0.2) is 207 Å². The lowest BCUT2D eigenvalue weighted by Gasteiger charge is -2.31. The lowest BCUT2D eigenvalue weighted by atomic mass is 9.69. The number of rotatable bonds is 4. The molecular weight excluding hydrogens is 813 g/mol. The summed E-state index contributed by atoms with van der Waals surface area (Å²) in [6.07, 6.45) is 0. The van der Waals surface area contributed by atoms with Gasteiger partial charge in [-0.15, -0.1) is 0 Å². The molecule has 0 atom stereocenters. The molecule has 0 saturated carbocycles. The van der Waals surface area contributed by atoms with Crippen molar-refractivity contribution in [3.8, 4) is 67.9 Å². The fraction of sp³-hybridized carbons (Fsp3) is 0.0169. The van der Waals surface area contributed by atoms with Crippen LogP contribution in [0.25, 0.3) is 123 Å². The highest BCUT2D eigenvalue weighted by atomic mass is 16.3. The first-order valence-corrected chi connectivity index (χ1v) is 22.1. The summed E-state index contributed by atoms with van der Waals surface area (Å²) in [6, 6.07) is 67.3. The van der Waals surface area contributed by atoms with E-state index in [1.54, 1.807) is 0 Å². The van der Waals surface area contributed by atoms with Gasteiger partial charge in [0.05, 0.1) is 5.41 Å². The molecule has 9 aromatic carbocycles. The molecule has 0 fully saturated rings. The van der Waals surface area contributed by atoms with Crippen LogP contribution >= 0.6 is 0 Å². The van der Waals surface area contributed by atoms with Gasteiger partial charge in [-0.25, -0.2) is 19.9 Å². The molecule has 66 heavy (non-hydrogen) atoms. The van der Waals surface area contributed by atoms with E-state index in [1.165, 1.54) is 44.5 Å². The van der Waals surface area contributed by atoms with Crippen molar-refractivity contribution in [2.24, 2.45) is 0 Å². The van der Waals surface area contributed by atoms with Gasteiger partial charge in [-0.3, -0.25) is 0 Å². The standard InChI is InChI=1S/C59H32N4O3/c1-2-13-33(14-3-1)55-61-56(34-15-12-16-36(29-34)58-60-47-22-9-11-24-50(47)66-58)63-57(62-55)35-25-27-49-43(30-35)53-51(64-49)28-26-40-41-31-42-39-19-6-10-23-48(39)65-52(42)32-46(41)59(54(40)53)44-20-7-4-17-37(44)38-18-5-8-21-45(38)59/h1-32H. The molecule has 0 unspecified atom stereocenters. The van der Waals surface area contributed by atoms with Crippen LogP contribution in [0.1, 0.15) is 22.3 Å². The smallest absolute Gasteiger partial charge is 0.227 e. The number of benzene rings is 9. The topological polar surface area (TPSA) is 91.0 Å². The Hall–Kier alpha value is -8.94. The van der Waals surface area contributed by atoms with Crippen LogP contribution in [-0.4, -0.2) is 19.9 Å². The Morgan fingerprint density at radius 2 is 0.939 bits per heavy atom. The predicted molar refractivity (Wildman–Crippen MR) is 260 cm³/mol. The van der Waals surface area contributed by atoms with E-state index in [0.29, 0.717) is 23.4 Å². The van der Waals surface area contributed by atoms with Gasteiger partial charge in [-0.05, 0) is 111 Å². The zero-order valence-corrected chi connectivity index (χ0v) is 35.0. The van der Waals surface area contributed by atoms with E-state index in [0.717, 1.165) is 77.2 Å². The van der Waals surface area contributed by atoms with E-state index < -0.39 is 5.41 Å². The SMILES string of the molecule is c1ccc(-c2nc(-c3cccc(-c4nc5ccccc5o4)c3)nc(-c3ccc4oc5ccc6c(c5c4c3)C3(c4ccccc4-c4ccccc43)c3cc4oc5ccccc5c4cc3-6)n2)cc1. The van der Waals surface area contributed by atoms with Crippen molar-refractivity contribution in [1.29, 1.82) is 0 Å². The van der Waals surface area contributed by atoms with Gasteiger partial charge < -0.3 is 13.3 Å². The van der Waals surface area contributed by atoms with Crippen LogP contribution in [-0.2, 0) is 5.41 Å². The summed E-state index contributed by atoms with van der Waals surface area (Å²) in [5, 5.41) is 4.26. The number of fused-ring (bicyclic) bond motifs is 18. The van der Waals surface area contributed by atoms with Gasteiger partial charge >= 0.3 is 0 Å². The molecule has 7 nitrogen and oxygen atoms in total. The predicted octanol–water partition coefficient (Wildman–Crippen LogP) is 14.8. The lowest BCUT2D eigenvalue weighted by molar-refractivity contribution is 0.620. The highest BCUT2D eigenvalue weighted by Crippen LogP contribution is 2.65. The summed E-state index contributed by atoms with van der Waals surface area (Å²) >= 11 is 0. The highest BCUT2D eigenvalue weighted by molar-refractivity contribution is 6.16. The monoisotopic (exact) mass is 844 g/mol. The Morgan fingerprint density at radius 1 is 0.318 bits per heavy atom. The Labute approximate surface area is 376 Å². The molecule has 4 heterocycles. The van der Waals surface area contributed by atoms with Crippen LogP contribution in [0.5, 0.6) is 0 Å².